The van der Waals surface area contributed by atoms with Gasteiger partial charge in [0.25, 0.3) is 0 Å². The topological polar surface area (TPSA) is 0 Å². The van der Waals surface area contributed by atoms with E-state index in [4.69, 9.17) is 0 Å². The monoisotopic (exact) mass is 244 g/mol. The van der Waals surface area contributed by atoms with Crippen molar-refractivity contribution in [3.05, 3.63) is 0 Å². The molecular weight excluding hydrogens is 224 g/mol. The smallest absolute Gasteiger partial charge is 0.0187 e. The first-order chi connectivity index (χ1) is 4.71. The molecular formula is C8H20S4. The van der Waals surface area contributed by atoms with E-state index in [9.17, 15) is 0 Å². The van der Waals surface area contributed by atoms with Crippen LogP contribution in [0.2, 0.25) is 0 Å². The predicted octanol–water partition coefficient (Wildman–Crippen LogP) is 4.73. The molecule has 0 aromatic rings. The van der Waals surface area contributed by atoms with Crippen LogP contribution < -0.4 is 0 Å². The summed E-state index contributed by atoms with van der Waals surface area (Å²) in [5.74, 6) is 0. The Labute approximate surface area is 95.7 Å². The Morgan fingerprint density at radius 2 is 0.917 bits per heavy atom. The van der Waals surface area contributed by atoms with Gasteiger partial charge in [-0.15, -0.1) is 0 Å². The maximum atomic E-state index is 2.24. The third-order valence-electron chi connectivity index (χ3n) is 0.568. The van der Waals surface area contributed by atoms with Crippen LogP contribution in [0.4, 0.5) is 0 Å². The molecule has 4 heteroatoms. The van der Waals surface area contributed by atoms with Crippen molar-refractivity contribution in [3.8, 4) is 0 Å². The van der Waals surface area contributed by atoms with E-state index in [2.05, 4.69) is 41.5 Å². The highest BCUT2D eigenvalue weighted by Gasteiger charge is 2.16. The molecule has 0 fully saturated rings. The van der Waals surface area contributed by atoms with Crippen molar-refractivity contribution in [3.63, 3.8) is 0 Å². The predicted molar refractivity (Wildman–Crippen MR) is 72.7 cm³/mol. The molecule has 0 aliphatic carbocycles. The Morgan fingerprint density at radius 1 is 0.667 bits per heavy atom. The zero-order chi connectivity index (χ0) is 9.12. The molecule has 0 saturated carbocycles. The summed E-state index contributed by atoms with van der Waals surface area (Å²) in [7, 11) is 5.78. The maximum Gasteiger partial charge on any atom is 0.0187 e. The first kappa shape index (κ1) is 15.9. The fourth-order valence-electron chi connectivity index (χ4n) is 0.221. The van der Waals surface area contributed by atoms with E-state index in [1.165, 1.54) is 0 Å². The second-order valence-electron chi connectivity index (χ2n) is 4.46. The lowest BCUT2D eigenvalue weighted by molar-refractivity contribution is 0.809. The highest BCUT2D eigenvalue weighted by Crippen LogP contribution is 2.47. The van der Waals surface area contributed by atoms with Gasteiger partial charge in [0.1, 0.15) is 0 Å². The van der Waals surface area contributed by atoms with Crippen molar-refractivity contribution in [1.82, 2.24) is 0 Å². The molecule has 0 nitrogen and oxygen atoms in total. The van der Waals surface area contributed by atoms with E-state index in [0.29, 0.717) is 9.49 Å². The van der Waals surface area contributed by atoms with Crippen LogP contribution in [0, 0.1) is 0 Å². The maximum absolute atomic E-state index is 2.24. The molecule has 0 aromatic heterocycles. The summed E-state index contributed by atoms with van der Waals surface area (Å²) in [6.45, 7) is 13.5. The van der Waals surface area contributed by atoms with Crippen LogP contribution in [0.1, 0.15) is 41.5 Å². The van der Waals surface area contributed by atoms with E-state index in [1.807, 2.05) is 31.4 Å². The molecule has 76 valence electrons. The van der Waals surface area contributed by atoms with Crippen LogP contribution in [0.5, 0.6) is 0 Å². The molecule has 0 aromatic carbocycles. The molecule has 0 radical (unpaired) electrons. The van der Waals surface area contributed by atoms with Crippen molar-refractivity contribution in [1.29, 1.82) is 0 Å². The number of rotatable bonds is 2. The lowest BCUT2D eigenvalue weighted by Gasteiger charge is -2.20. The molecule has 12 heavy (non-hydrogen) atoms. The summed E-state index contributed by atoms with van der Waals surface area (Å²) >= 11 is 0. The standard InChI is InChI=1S/C8H18S3.H2S/c1-7(2,3)9-11-10-8(4,5)6;/h1-6H3;1H2. The van der Waals surface area contributed by atoms with Gasteiger partial charge in [-0.05, 0) is 9.83 Å². The highest BCUT2D eigenvalue weighted by molar-refractivity contribution is 9.09. The Kier molecular flexibility index (Phi) is 7.92. The van der Waals surface area contributed by atoms with E-state index >= 15 is 0 Å². The van der Waals surface area contributed by atoms with Gasteiger partial charge in [-0.1, -0.05) is 63.1 Å². The minimum absolute atomic E-state index is 0. The molecule has 0 amide bonds. The summed E-state index contributed by atoms with van der Waals surface area (Å²) in [6.07, 6.45) is 0. The lowest BCUT2D eigenvalue weighted by Crippen LogP contribution is -2.07. The summed E-state index contributed by atoms with van der Waals surface area (Å²) in [4.78, 5) is 0. The van der Waals surface area contributed by atoms with Gasteiger partial charge in [-0.2, -0.15) is 13.5 Å². The molecule has 0 saturated heterocycles. The third-order valence-corrected chi connectivity index (χ3v) is 6.34. The summed E-state index contributed by atoms with van der Waals surface area (Å²) in [5.41, 5.74) is 0. The van der Waals surface area contributed by atoms with Gasteiger partial charge in [0.15, 0.2) is 0 Å². The zero-order valence-corrected chi connectivity index (χ0v) is 12.2. The van der Waals surface area contributed by atoms with Crippen LogP contribution in [0.15, 0.2) is 0 Å². The van der Waals surface area contributed by atoms with E-state index in [0.717, 1.165) is 0 Å². The second kappa shape index (κ2) is 5.99. The van der Waals surface area contributed by atoms with Gasteiger partial charge < -0.3 is 0 Å². The molecule has 0 atom stereocenters. The Balaban J connectivity index is 0. The Bertz CT molecular complexity index is 95.2. The fourth-order valence-corrected chi connectivity index (χ4v) is 5.97. The zero-order valence-electron chi connectivity index (χ0n) is 8.72. The molecule has 0 spiro atoms. The van der Waals surface area contributed by atoms with Crippen molar-refractivity contribution in [2.45, 2.75) is 51.0 Å². The molecule has 0 bridgehead atoms. The largest absolute Gasteiger partial charge is 0.197 e. The first-order valence-electron chi connectivity index (χ1n) is 3.74. The molecule has 0 heterocycles. The van der Waals surface area contributed by atoms with Gasteiger partial charge in [-0.3, -0.25) is 0 Å². The summed E-state index contributed by atoms with van der Waals surface area (Å²) < 4.78 is 0.756. The van der Waals surface area contributed by atoms with Gasteiger partial charge in [0, 0.05) is 9.49 Å². The number of hydrogen-bond donors (Lipinski definition) is 0. The van der Waals surface area contributed by atoms with E-state index in [1.54, 1.807) is 0 Å². The van der Waals surface area contributed by atoms with Crippen LogP contribution in [0.25, 0.3) is 0 Å². The molecule has 0 rings (SSSR count). The average Bonchev–Trinajstić information content (AvgIpc) is 1.55. The van der Waals surface area contributed by atoms with Gasteiger partial charge in [0.2, 0.25) is 0 Å². The van der Waals surface area contributed by atoms with Crippen LogP contribution in [0.3, 0.4) is 0 Å². The summed E-state index contributed by atoms with van der Waals surface area (Å²) in [6, 6.07) is 0. The minimum atomic E-state index is 0. The molecule has 0 aliphatic rings. The van der Waals surface area contributed by atoms with Gasteiger partial charge in [0.05, 0.1) is 0 Å². The van der Waals surface area contributed by atoms with Gasteiger partial charge >= 0.3 is 0 Å². The van der Waals surface area contributed by atoms with Crippen molar-refractivity contribution < 1.29 is 0 Å². The SMILES string of the molecule is CC(C)(C)SSSC(C)(C)C.S. The van der Waals surface area contributed by atoms with E-state index < -0.39 is 0 Å². The first-order valence-corrected chi connectivity index (χ1v) is 7.22. The van der Waals surface area contributed by atoms with Crippen LogP contribution in [-0.4, -0.2) is 9.49 Å². The summed E-state index contributed by atoms with van der Waals surface area (Å²) in [5, 5.41) is 0. The van der Waals surface area contributed by atoms with Crippen molar-refractivity contribution >= 4 is 44.9 Å². The Morgan fingerprint density at radius 3 is 1.08 bits per heavy atom. The normalized spacial score (nSPS) is 12.5. The van der Waals surface area contributed by atoms with Gasteiger partial charge in [-0.25, -0.2) is 0 Å². The minimum Gasteiger partial charge on any atom is -0.197 e. The quantitative estimate of drug-likeness (QED) is 0.645. The van der Waals surface area contributed by atoms with Crippen molar-refractivity contribution in [2.75, 3.05) is 0 Å². The third kappa shape index (κ3) is 14.0. The lowest BCUT2D eigenvalue weighted by atomic mass is 10.3. The Hall–Kier alpha value is 1.40. The second-order valence-corrected chi connectivity index (χ2v) is 10.0. The fraction of sp³-hybridized carbons (Fsp3) is 1.00. The number of hydrogen-bond acceptors (Lipinski definition) is 3. The molecule has 0 N–H and O–H groups in total. The molecule has 0 aliphatic heterocycles. The highest BCUT2D eigenvalue weighted by atomic mass is 33.5. The van der Waals surface area contributed by atoms with Crippen LogP contribution >= 0.6 is 44.9 Å². The van der Waals surface area contributed by atoms with Crippen LogP contribution in [-0.2, 0) is 0 Å². The molecule has 0 unspecified atom stereocenters. The van der Waals surface area contributed by atoms with E-state index in [-0.39, 0.29) is 13.5 Å². The van der Waals surface area contributed by atoms with Crippen molar-refractivity contribution in [2.24, 2.45) is 0 Å². The average molecular weight is 245 g/mol.